The number of hydrogen-bond donors (Lipinski definition) is 0. The molecule has 0 unspecified atom stereocenters. The molecule has 0 aliphatic carbocycles. The molecule has 1 atom stereocenters. The highest BCUT2D eigenvalue weighted by molar-refractivity contribution is 7.09. The summed E-state index contributed by atoms with van der Waals surface area (Å²) in [7, 11) is 0. The predicted molar refractivity (Wildman–Crippen MR) is 98.3 cm³/mol. The highest BCUT2D eigenvalue weighted by atomic mass is 32.1. The first-order valence-electron chi connectivity index (χ1n) is 7.64. The average molecular weight is 356 g/mol. The van der Waals surface area contributed by atoms with E-state index in [0.29, 0.717) is 23.7 Å². The molecule has 1 aromatic carbocycles. The van der Waals surface area contributed by atoms with Crippen LogP contribution in [0.25, 0.3) is 0 Å². The van der Waals surface area contributed by atoms with Gasteiger partial charge >= 0.3 is 0 Å². The number of nitro groups is 1. The number of aliphatic imine (C=N–C) groups is 1. The summed E-state index contributed by atoms with van der Waals surface area (Å²) in [6.45, 7) is 4.16. The Balaban J connectivity index is 1.78. The van der Waals surface area contributed by atoms with Gasteiger partial charge in [0, 0.05) is 22.7 Å². The van der Waals surface area contributed by atoms with Crippen LogP contribution in [0.1, 0.15) is 18.7 Å². The van der Waals surface area contributed by atoms with E-state index in [1.807, 2.05) is 24.4 Å². The molecule has 3 rings (SSSR count). The molecule has 1 aliphatic heterocycles. The maximum Gasteiger partial charge on any atom is 0.269 e. The number of hydrogen-bond acceptors (Lipinski definition) is 6. The number of thiophene rings is 1. The summed E-state index contributed by atoms with van der Waals surface area (Å²) in [5, 5.41) is 18.3. The summed E-state index contributed by atoms with van der Waals surface area (Å²) < 4.78 is 0. The zero-order valence-electron chi connectivity index (χ0n) is 13.7. The molecule has 1 aromatic heterocycles. The summed E-state index contributed by atoms with van der Waals surface area (Å²) in [5.74, 6) is -0.686. The molecule has 8 heteroatoms. The normalized spacial score (nSPS) is 17.8. The van der Waals surface area contributed by atoms with E-state index < -0.39 is 10.8 Å². The third-order valence-corrected chi connectivity index (χ3v) is 4.78. The first kappa shape index (κ1) is 17.0. The molecule has 1 aliphatic rings. The number of rotatable bonds is 5. The maximum atomic E-state index is 12.7. The van der Waals surface area contributed by atoms with Crippen molar-refractivity contribution in [1.82, 2.24) is 0 Å². The Morgan fingerprint density at radius 1 is 1.36 bits per heavy atom. The monoisotopic (exact) mass is 356 g/mol. The molecule has 2 aromatic rings. The lowest BCUT2D eigenvalue weighted by molar-refractivity contribution is -0.384. The summed E-state index contributed by atoms with van der Waals surface area (Å²) in [6.07, 6.45) is 0. The Morgan fingerprint density at radius 2 is 2.08 bits per heavy atom. The fourth-order valence-corrected chi connectivity index (χ4v) is 3.27. The van der Waals surface area contributed by atoms with Crippen molar-refractivity contribution in [2.24, 2.45) is 16.0 Å². The molecule has 25 heavy (non-hydrogen) atoms. The SMILES string of the molecule is CC(=NCc1cccs1)[C@@H]1C(=O)N(c2ccc([N+](=O)[O-])cc2)N=C1C. The predicted octanol–water partition coefficient (Wildman–Crippen LogP) is 3.66. The van der Waals surface area contributed by atoms with Crippen molar-refractivity contribution in [3.05, 3.63) is 56.8 Å². The standard InChI is InChI=1S/C17H16N4O3S/c1-11(18-10-15-4-3-9-25-15)16-12(2)19-20(17(16)22)13-5-7-14(8-6-13)21(23)24/h3-9,16H,10H2,1-2H3/t16-/m0/s1. The molecule has 0 saturated heterocycles. The molecular formula is C17H16N4O3S. The third-order valence-electron chi connectivity index (χ3n) is 3.92. The number of amides is 1. The van der Waals surface area contributed by atoms with Gasteiger partial charge in [-0.05, 0) is 37.4 Å². The summed E-state index contributed by atoms with van der Waals surface area (Å²) in [4.78, 5) is 28.7. The zero-order chi connectivity index (χ0) is 18.0. The van der Waals surface area contributed by atoms with Crippen LogP contribution in [0.4, 0.5) is 11.4 Å². The number of nitro benzene ring substituents is 1. The van der Waals surface area contributed by atoms with Crippen LogP contribution in [0.15, 0.2) is 51.9 Å². The van der Waals surface area contributed by atoms with Crippen LogP contribution < -0.4 is 5.01 Å². The van der Waals surface area contributed by atoms with Crippen LogP contribution in [-0.4, -0.2) is 22.3 Å². The van der Waals surface area contributed by atoms with E-state index in [9.17, 15) is 14.9 Å². The summed E-state index contributed by atoms with van der Waals surface area (Å²) in [5.41, 5.74) is 1.85. The van der Waals surface area contributed by atoms with Gasteiger partial charge in [0.2, 0.25) is 0 Å². The van der Waals surface area contributed by atoms with E-state index in [0.717, 1.165) is 4.88 Å². The second-order valence-electron chi connectivity index (χ2n) is 5.63. The molecule has 1 amide bonds. The maximum absolute atomic E-state index is 12.7. The van der Waals surface area contributed by atoms with Crippen molar-refractivity contribution in [2.75, 3.05) is 5.01 Å². The number of non-ortho nitro benzene ring substituents is 1. The molecule has 0 spiro atoms. The zero-order valence-corrected chi connectivity index (χ0v) is 14.6. The lowest BCUT2D eigenvalue weighted by atomic mass is 9.99. The fourth-order valence-electron chi connectivity index (χ4n) is 2.64. The average Bonchev–Trinajstić information content (AvgIpc) is 3.21. The van der Waals surface area contributed by atoms with E-state index in [-0.39, 0.29) is 11.6 Å². The second-order valence-corrected chi connectivity index (χ2v) is 6.67. The van der Waals surface area contributed by atoms with Crippen LogP contribution in [0.5, 0.6) is 0 Å². The van der Waals surface area contributed by atoms with Gasteiger partial charge in [0.15, 0.2) is 0 Å². The first-order chi connectivity index (χ1) is 12.0. The molecule has 0 bridgehead atoms. The van der Waals surface area contributed by atoms with Gasteiger partial charge in [-0.25, -0.2) is 0 Å². The molecular weight excluding hydrogens is 340 g/mol. The quantitative estimate of drug-likeness (QED) is 0.465. The van der Waals surface area contributed by atoms with Crippen LogP contribution in [-0.2, 0) is 11.3 Å². The number of anilines is 1. The van der Waals surface area contributed by atoms with E-state index >= 15 is 0 Å². The van der Waals surface area contributed by atoms with Gasteiger partial charge in [-0.3, -0.25) is 19.9 Å². The Bertz CT molecular complexity index is 857. The summed E-state index contributed by atoms with van der Waals surface area (Å²) >= 11 is 1.62. The van der Waals surface area contributed by atoms with Crippen molar-refractivity contribution in [1.29, 1.82) is 0 Å². The minimum absolute atomic E-state index is 0.0265. The van der Waals surface area contributed by atoms with Gasteiger partial charge in [0.1, 0.15) is 5.92 Å². The fraction of sp³-hybridized carbons (Fsp3) is 0.235. The van der Waals surface area contributed by atoms with Gasteiger partial charge in [0.25, 0.3) is 11.6 Å². The van der Waals surface area contributed by atoms with Crippen molar-refractivity contribution >= 4 is 40.0 Å². The van der Waals surface area contributed by atoms with E-state index in [1.54, 1.807) is 18.3 Å². The summed E-state index contributed by atoms with van der Waals surface area (Å²) in [6, 6.07) is 9.73. The highest BCUT2D eigenvalue weighted by Crippen LogP contribution is 2.27. The first-order valence-corrected chi connectivity index (χ1v) is 8.52. The van der Waals surface area contributed by atoms with Gasteiger partial charge < -0.3 is 0 Å². The van der Waals surface area contributed by atoms with E-state index in [2.05, 4.69) is 10.1 Å². The Kier molecular flexibility index (Phi) is 4.71. The molecule has 0 fully saturated rings. The Morgan fingerprint density at radius 3 is 2.68 bits per heavy atom. The lowest BCUT2D eigenvalue weighted by Gasteiger charge is -2.14. The van der Waals surface area contributed by atoms with Crippen molar-refractivity contribution < 1.29 is 9.72 Å². The van der Waals surface area contributed by atoms with Crippen molar-refractivity contribution in [3.8, 4) is 0 Å². The minimum atomic E-state index is -0.491. The van der Waals surface area contributed by atoms with Crippen LogP contribution in [0, 0.1) is 16.0 Å². The lowest BCUT2D eigenvalue weighted by Crippen LogP contribution is -2.31. The van der Waals surface area contributed by atoms with Gasteiger partial charge in [-0.1, -0.05) is 6.07 Å². The van der Waals surface area contributed by atoms with Gasteiger partial charge in [-0.15, -0.1) is 11.3 Å². The van der Waals surface area contributed by atoms with Crippen LogP contribution in [0.2, 0.25) is 0 Å². The molecule has 0 radical (unpaired) electrons. The van der Waals surface area contributed by atoms with Crippen molar-refractivity contribution in [3.63, 3.8) is 0 Å². The van der Waals surface area contributed by atoms with Gasteiger partial charge in [-0.2, -0.15) is 10.1 Å². The number of carbonyl (C=O) groups is 1. The number of hydrazone groups is 1. The van der Waals surface area contributed by atoms with Crippen molar-refractivity contribution in [2.45, 2.75) is 20.4 Å². The van der Waals surface area contributed by atoms with E-state index in [4.69, 9.17) is 0 Å². The second kappa shape index (κ2) is 6.94. The highest BCUT2D eigenvalue weighted by Gasteiger charge is 2.36. The van der Waals surface area contributed by atoms with Crippen LogP contribution >= 0.6 is 11.3 Å². The molecule has 0 saturated carbocycles. The number of nitrogens with zero attached hydrogens (tertiary/aromatic N) is 4. The largest absolute Gasteiger partial charge is 0.288 e. The third kappa shape index (κ3) is 3.48. The topological polar surface area (TPSA) is 88.2 Å². The molecule has 0 N–H and O–H groups in total. The Labute approximate surface area is 148 Å². The smallest absolute Gasteiger partial charge is 0.269 e. The number of benzene rings is 1. The van der Waals surface area contributed by atoms with Crippen LogP contribution in [0.3, 0.4) is 0 Å². The molecule has 128 valence electrons. The molecule has 7 nitrogen and oxygen atoms in total. The Hall–Kier alpha value is -2.87. The minimum Gasteiger partial charge on any atom is -0.288 e. The van der Waals surface area contributed by atoms with Gasteiger partial charge in [0.05, 0.1) is 22.9 Å². The molecule has 2 heterocycles. The van der Waals surface area contributed by atoms with E-state index in [1.165, 1.54) is 29.3 Å². The number of carbonyl (C=O) groups excluding carboxylic acids is 1.